The first-order chi connectivity index (χ1) is 10.2. The summed E-state index contributed by atoms with van der Waals surface area (Å²) in [6.07, 6.45) is 1.98. The average molecular weight is 282 g/mol. The van der Waals surface area contributed by atoms with Crippen molar-refractivity contribution in [1.82, 2.24) is 10.3 Å². The Morgan fingerprint density at radius 3 is 2.81 bits per heavy atom. The molecule has 5 heteroatoms. The molecule has 1 aromatic carbocycles. The zero-order chi connectivity index (χ0) is 14.8. The standard InChI is InChI=1S/C16H18N4O/c1-10-2-3-12-14(8-10)20-16(21)13(9-17)15(12)19-11-4-6-18-7-5-11/h2-3,8,11,18H,4-7H2,1H3,(H2,19,20,21). The molecule has 1 saturated heterocycles. The zero-order valence-electron chi connectivity index (χ0n) is 12.0. The summed E-state index contributed by atoms with van der Waals surface area (Å²) in [6.45, 7) is 3.90. The molecule has 3 N–H and O–H groups in total. The van der Waals surface area contributed by atoms with Gasteiger partial charge in [0.2, 0.25) is 0 Å². The quantitative estimate of drug-likeness (QED) is 0.785. The fourth-order valence-electron chi connectivity index (χ4n) is 2.84. The first kappa shape index (κ1) is 13.7. The molecule has 2 aromatic rings. The summed E-state index contributed by atoms with van der Waals surface area (Å²) >= 11 is 0. The minimum absolute atomic E-state index is 0.171. The maximum atomic E-state index is 12.1. The Balaban J connectivity index is 2.13. The molecule has 0 amide bonds. The van der Waals surface area contributed by atoms with Crippen molar-refractivity contribution in [1.29, 1.82) is 5.26 Å². The summed E-state index contributed by atoms with van der Waals surface area (Å²) in [5.41, 5.74) is 2.37. The summed E-state index contributed by atoms with van der Waals surface area (Å²) in [5, 5.41) is 17.0. The van der Waals surface area contributed by atoms with Crippen LogP contribution in [0.4, 0.5) is 5.69 Å². The van der Waals surface area contributed by atoms with E-state index in [0.717, 1.165) is 42.4 Å². The first-order valence-electron chi connectivity index (χ1n) is 7.23. The van der Waals surface area contributed by atoms with E-state index in [1.165, 1.54) is 0 Å². The van der Waals surface area contributed by atoms with Gasteiger partial charge >= 0.3 is 0 Å². The van der Waals surface area contributed by atoms with Gasteiger partial charge in [0.15, 0.2) is 0 Å². The number of nitrogens with zero attached hydrogens (tertiary/aromatic N) is 1. The Morgan fingerprint density at radius 2 is 2.10 bits per heavy atom. The molecule has 1 aliphatic rings. The van der Waals surface area contributed by atoms with Gasteiger partial charge in [-0.3, -0.25) is 4.79 Å². The Bertz CT molecular complexity index is 766. The molecular weight excluding hydrogens is 264 g/mol. The maximum Gasteiger partial charge on any atom is 0.268 e. The molecule has 1 aromatic heterocycles. The highest BCUT2D eigenvalue weighted by molar-refractivity contribution is 5.94. The van der Waals surface area contributed by atoms with Crippen LogP contribution in [-0.4, -0.2) is 24.1 Å². The third-order valence-electron chi connectivity index (χ3n) is 3.97. The predicted molar refractivity (Wildman–Crippen MR) is 83.5 cm³/mol. The van der Waals surface area contributed by atoms with E-state index in [4.69, 9.17) is 0 Å². The minimum Gasteiger partial charge on any atom is -0.380 e. The second-order valence-electron chi connectivity index (χ2n) is 5.53. The molecule has 0 unspecified atom stereocenters. The summed E-state index contributed by atoms with van der Waals surface area (Å²) < 4.78 is 0. The van der Waals surface area contributed by atoms with Crippen LogP contribution < -0.4 is 16.2 Å². The summed E-state index contributed by atoms with van der Waals surface area (Å²) in [6, 6.07) is 8.23. The lowest BCUT2D eigenvalue weighted by atomic mass is 10.0. The van der Waals surface area contributed by atoms with Gasteiger partial charge in [-0.2, -0.15) is 5.26 Å². The number of aromatic amines is 1. The number of hydrogen-bond acceptors (Lipinski definition) is 4. The van der Waals surface area contributed by atoms with Crippen molar-refractivity contribution in [3.05, 3.63) is 39.7 Å². The van der Waals surface area contributed by atoms with E-state index in [9.17, 15) is 10.1 Å². The Kier molecular flexibility index (Phi) is 3.63. The molecule has 0 aliphatic carbocycles. The summed E-state index contributed by atoms with van der Waals surface area (Å²) in [7, 11) is 0. The van der Waals surface area contributed by atoms with Gasteiger partial charge in [-0.1, -0.05) is 12.1 Å². The largest absolute Gasteiger partial charge is 0.380 e. The number of aromatic nitrogens is 1. The van der Waals surface area contributed by atoms with E-state index in [0.29, 0.717) is 11.7 Å². The highest BCUT2D eigenvalue weighted by atomic mass is 16.1. The highest BCUT2D eigenvalue weighted by Gasteiger charge is 2.18. The monoisotopic (exact) mass is 282 g/mol. The van der Waals surface area contributed by atoms with Crippen molar-refractivity contribution in [3.8, 4) is 6.07 Å². The first-order valence-corrected chi connectivity index (χ1v) is 7.23. The van der Waals surface area contributed by atoms with Crippen LogP contribution in [-0.2, 0) is 0 Å². The van der Waals surface area contributed by atoms with Crippen LogP contribution in [0.3, 0.4) is 0 Å². The van der Waals surface area contributed by atoms with Gasteiger partial charge < -0.3 is 15.6 Å². The van der Waals surface area contributed by atoms with Gasteiger partial charge in [0, 0.05) is 11.4 Å². The van der Waals surface area contributed by atoms with Gasteiger partial charge in [-0.05, 0) is 44.5 Å². The van der Waals surface area contributed by atoms with Crippen molar-refractivity contribution < 1.29 is 0 Å². The number of aryl methyl sites for hydroxylation is 1. The maximum absolute atomic E-state index is 12.1. The number of hydrogen-bond donors (Lipinski definition) is 3. The summed E-state index contributed by atoms with van der Waals surface area (Å²) in [5.74, 6) is 0. The van der Waals surface area contributed by atoms with E-state index >= 15 is 0 Å². The molecule has 0 radical (unpaired) electrons. The number of pyridine rings is 1. The zero-order valence-corrected chi connectivity index (χ0v) is 12.0. The van der Waals surface area contributed by atoms with Crippen LogP contribution in [0.25, 0.3) is 10.9 Å². The second-order valence-corrected chi connectivity index (χ2v) is 5.53. The Hall–Kier alpha value is -2.32. The van der Waals surface area contributed by atoms with E-state index in [-0.39, 0.29) is 11.1 Å². The molecule has 0 saturated carbocycles. The van der Waals surface area contributed by atoms with Gasteiger partial charge in [0.1, 0.15) is 11.6 Å². The minimum atomic E-state index is -0.327. The lowest BCUT2D eigenvalue weighted by molar-refractivity contribution is 0.479. The molecule has 0 atom stereocenters. The van der Waals surface area contributed by atoms with Crippen LogP contribution in [0.15, 0.2) is 23.0 Å². The number of rotatable bonds is 2. The number of nitrogens with one attached hydrogen (secondary N) is 3. The van der Waals surface area contributed by atoms with Crippen LogP contribution in [0, 0.1) is 18.3 Å². The predicted octanol–water partition coefficient (Wildman–Crippen LogP) is 1.87. The normalized spacial score (nSPS) is 15.8. The summed E-state index contributed by atoms with van der Waals surface area (Å²) in [4.78, 5) is 14.9. The van der Waals surface area contributed by atoms with Crippen LogP contribution in [0.1, 0.15) is 24.0 Å². The topological polar surface area (TPSA) is 80.7 Å². The Morgan fingerprint density at radius 1 is 1.33 bits per heavy atom. The third kappa shape index (κ3) is 2.63. The van der Waals surface area contributed by atoms with Crippen LogP contribution in [0.5, 0.6) is 0 Å². The van der Waals surface area contributed by atoms with Crippen molar-refractivity contribution >= 4 is 16.6 Å². The lowest BCUT2D eigenvalue weighted by Crippen LogP contribution is -2.36. The van der Waals surface area contributed by atoms with Crippen molar-refractivity contribution in [2.45, 2.75) is 25.8 Å². The molecule has 5 nitrogen and oxygen atoms in total. The Labute approximate surface area is 123 Å². The van der Waals surface area contributed by atoms with Crippen molar-refractivity contribution in [2.24, 2.45) is 0 Å². The van der Waals surface area contributed by atoms with E-state index in [1.807, 2.05) is 31.2 Å². The van der Waals surface area contributed by atoms with E-state index in [2.05, 4.69) is 15.6 Å². The lowest BCUT2D eigenvalue weighted by Gasteiger charge is -2.25. The smallest absolute Gasteiger partial charge is 0.268 e. The van der Waals surface area contributed by atoms with Gasteiger partial charge in [-0.25, -0.2) is 0 Å². The fraction of sp³-hybridized carbons (Fsp3) is 0.375. The van der Waals surface area contributed by atoms with Gasteiger partial charge in [0.25, 0.3) is 5.56 Å². The average Bonchev–Trinajstić information content (AvgIpc) is 2.48. The van der Waals surface area contributed by atoms with Crippen molar-refractivity contribution in [3.63, 3.8) is 0 Å². The van der Waals surface area contributed by atoms with E-state index in [1.54, 1.807) is 0 Å². The molecule has 3 rings (SSSR count). The number of anilines is 1. The number of piperidine rings is 1. The van der Waals surface area contributed by atoms with E-state index < -0.39 is 0 Å². The second kappa shape index (κ2) is 5.58. The molecule has 1 aliphatic heterocycles. The number of nitriles is 1. The number of fused-ring (bicyclic) bond motifs is 1. The van der Waals surface area contributed by atoms with Crippen LogP contribution in [0.2, 0.25) is 0 Å². The highest BCUT2D eigenvalue weighted by Crippen LogP contribution is 2.26. The fourth-order valence-corrected chi connectivity index (χ4v) is 2.84. The molecular formula is C16H18N4O. The molecule has 108 valence electrons. The number of H-pyrrole nitrogens is 1. The molecule has 0 bridgehead atoms. The number of benzene rings is 1. The molecule has 1 fully saturated rings. The SMILES string of the molecule is Cc1ccc2c(NC3CCNCC3)c(C#N)c(=O)[nH]c2c1. The molecule has 0 spiro atoms. The molecule has 2 heterocycles. The van der Waals surface area contributed by atoms with Gasteiger partial charge in [0.05, 0.1) is 11.2 Å². The van der Waals surface area contributed by atoms with Crippen molar-refractivity contribution in [2.75, 3.05) is 18.4 Å². The third-order valence-corrected chi connectivity index (χ3v) is 3.97. The van der Waals surface area contributed by atoms with Crippen LogP contribution >= 0.6 is 0 Å². The van der Waals surface area contributed by atoms with Gasteiger partial charge in [-0.15, -0.1) is 0 Å². The molecule has 21 heavy (non-hydrogen) atoms.